The molecular formula is C67H112O6. The maximum absolute atomic E-state index is 12.8. The molecule has 1 unspecified atom stereocenters. The summed E-state index contributed by atoms with van der Waals surface area (Å²) in [4.78, 5) is 38.2. The van der Waals surface area contributed by atoms with Gasteiger partial charge in [0.2, 0.25) is 0 Å². The van der Waals surface area contributed by atoms with E-state index < -0.39 is 6.10 Å². The molecule has 0 heterocycles. The van der Waals surface area contributed by atoms with E-state index >= 15 is 0 Å². The zero-order chi connectivity index (χ0) is 52.9. The van der Waals surface area contributed by atoms with Crippen molar-refractivity contribution < 1.29 is 28.6 Å². The minimum atomic E-state index is -0.826. The molecule has 0 amide bonds. The van der Waals surface area contributed by atoms with Crippen LogP contribution in [0.25, 0.3) is 0 Å². The molecule has 416 valence electrons. The molecule has 6 nitrogen and oxygen atoms in total. The van der Waals surface area contributed by atoms with Crippen LogP contribution in [0, 0.1) is 0 Å². The fraction of sp³-hybridized carbons (Fsp3) is 0.687. The fourth-order valence-electron chi connectivity index (χ4n) is 8.29. The summed E-state index contributed by atoms with van der Waals surface area (Å²) >= 11 is 0. The van der Waals surface area contributed by atoms with Gasteiger partial charge >= 0.3 is 17.9 Å². The van der Waals surface area contributed by atoms with Crippen LogP contribution < -0.4 is 0 Å². The van der Waals surface area contributed by atoms with Crippen LogP contribution in [-0.4, -0.2) is 37.2 Å². The van der Waals surface area contributed by atoms with Crippen LogP contribution in [0.1, 0.15) is 278 Å². The summed E-state index contributed by atoms with van der Waals surface area (Å²) in [6.07, 6.45) is 82.5. The van der Waals surface area contributed by atoms with Gasteiger partial charge in [0.15, 0.2) is 6.10 Å². The van der Waals surface area contributed by atoms with Gasteiger partial charge < -0.3 is 14.2 Å². The lowest BCUT2D eigenvalue weighted by atomic mass is 10.0. The Kier molecular flexibility index (Phi) is 57.4. The molecule has 0 fully saturated rings. The van der Waals surface area contributed by atoms with E-state index in [4.69, 9.17) is 14.2 Å². The normalized spacial score (nSPS) is 12.9. The lowest BCUT2D eigenvalue weighted by Crippen LogP contribution is -2.30. The van der Waals surface area contributed by atoms with Crippen molar-refractivity contribution in [3.8, 4) is 0 Å². The predicted octanol–water partition coefficient (Wildman–Crippen LogP) is 20.7. The highest BCUT2D eigenvalue weighted by Crippen LogP contribution is 2.16. The number of hydrogen-bond donors (Lipinski definition) is 0. The molecule has 0 bridgehead atoms. The number of carbonyl (C=O) groups excluding carboxylic acids is 3. The van der Waals surface area contributed by atoms with Gasteiger partial charge in [0.1, 0.15) is 13.2 Å². The third-order valence-corrected chi connectivity index (χ3v) is 12.8. The zero-order valence-electron chi connectivity index (χ0n) is 47.6. The van der Waals surface area contributed by atoms with Crippen LogP contribution in [0.2, 0.25) is 0 Å². The summed E-state index contributed by atoms with van der Waals surface area (Å²) in [5, 5.41) is 0. The Hall–Kier alpha value is -3.93. The van der Waals surface area contributed by atoms with Crippen LogP contribution >= 0.6 is 0 Å². The van der Waals surface area contributed by atoms with Crippen molar-refractivity contribution in [2.45, 2.75) is 284 Å². The molecule has 0 aromatic carbocycles. The first-order valence-corrected chi connectivity index (χ1v) is 30.4. The van der Waals surface area contributed by atoms with E-state index in [9.17, 15) is 14.4 Å². The number of allylic oxidation sites excluding steroid dienone is 18. The first-order valence-electron chi connectivity index (χ1n) is 30.4. The summed E-state index contributed by atoms with van der Waals surface area (Å²) in [5.41, 5.74) is 0. The second-order valence-electron chi connectivity index (χ2n) is 19.9. The van der Waals surface area contributed by atoms with E-state index in [-0.39, 0.29) is 37.5 Å². The Labute approximate surface area is 450 Å². The van der Waals surface area contributed by atoms with Gasteiger partial charge in [-0.25, -0.2) is 0 Å². The van der Waals surface area contributed by atoms with Gasteiger partial charge in [-0.15, -0.1) is 0 Å². The molecule has 0 aliphatic rings. The van der Waals surface area contributed by atoms with Gasteiger partial charge in [0, 0.05) is 19.3 Å². The van der Waals surface area contributed by atoms with Crippen molar-refractivity contribution in [1.29, 1.82) is 0 Å². The summed E-state index contributed by atoms with van der Waals surface area (Å²) in [5.74, 6) is -1.01. The fourth-order valence-corrected chi connectivity index (χ4v) is 8.29. The largest absolute Gasteiger partial charge is 0.462 e. The van der Waals surface area contributed by atoms with Gasteiger partial charge in [-0.05, 0) is 96.3 Å². The standard InChI is InChI=1S/C67H112O6/c1-4-7-10-13-16-19-22-25-28-30-31-32-33-34-35-37-39-42-45-48-51-54-57-60-66(69)72-63-64(62-71-65(68)59-56-53-50-47-44-41-38-27-24-21-18-15-12-9-6-3)73-67(70)61-58-55-52-49-46-43-40-36-29-26-23-20-17-14-11-8-5-2/h8-9,11-12,17-18,20-21,26-27,29,38,40,43-44,47,49,52,64H,4-7,10,13-16,19,22-25,28,30-37,39,41-42,45-46,48,50-51,53-63H2,1-3H3/b11-8-,12-9-,20-17-,21-18-,29-26-,38-27-,43-40-,47-44-,52-49-. The molecule has 0 aromatic rings. The molecule has 0 aromatic heterocycles. The molecule has 6 heteroatoms. The van der Waals surface area contributed by atoms with E-state index in [2.05, 4.69) is 130 Å². The number of carbonyl (C=O) groups is 3. The van der Waals surface area contributed by atoms with Crippen molar-refractivity contribution >= 4 is 17.9 Å². The maximum Gasteiger partial charge on any atom is 0.306 e. The van der Waals surface area contributed by atoms with Crippen LogP contribution in [-0.2, 0) is 28.6 Å². The molecule has 0 aliphatic heterocycles. The third kappa shape index (κ3) is 58.8. The Morgan fingerprint density at radius 3 is 0.877 bits per heavy atom. The Morgan fingerprint density at radius 1 is 0.288 bits per heavy atom. The Bertz CT molecular complexity index is 1490. The van der Waals surface area contributed by atoms with E-state index in [1.54, 1.807) is 0 Å². The third-order valence-electron chi connectivity index (χ3n) is 12.8. The van der Waals surface area contributed by atoms with Crippen LogP contribution in [0.15, 0.2) is 109 Å². The molecule has 0 aliphatic carbocycles. The number of ether oxygens (including phenoxy) is 3. The number of esters is 3. The SMILES string of the molecule is CC/C=C\C/C=C\C/C=C\C/C=C\C/C=C\CCCC(=O)OC(COC(=O)CCCC/C=C\C/C=C\C/C=C\C/C=C\CC)COC(=O)CCCCCCCCCCCCCCCCCCCCCCCCC. The smallest absolute Gasteiger partial charge is 0.306 e. The highest BCUT2D eigenvalue weighted by atomic mass is 16.6. The summed E-state index contributed by atoms with van der Waals surface area (Å²) in [6, 6.07) is 0. The Morgan fingerprint density at radius 2 is 0.548 bits per heavy atom. The highest BCUT2D eigenvalue weighted by molar-refractivity contribution is 5.71. The highest BCUT2D eigenvalue weighted by Gasteiger charge is 2.19. The van der Waals surface area contributed by atoms with E-state index in [0.29, 0.717) is 25.7 Å². The average molecular weight is 1010 g/mol. The van der Waals surface area contributed by atoms with Crippen LogP contribution in [0.5, 0.6) is 0 Å². The molecule has 0 N–H and O–H groups in total. The van der Waals surface area contributed by atoms with Gasteiger partial charge in [-0.3, -0.25) is 14.4 Å². The molecule has 0 radical (unpaired) electrons. The van der Waals surface area contributed by atoms with Gasteiger partial charge in [0.05, 0.1) is 0 Å². The molecule has 73 heavy (non-hydrogen) atoms. The molecule has 0 saturated carbocycles. The van der Waals surface area contributed by atoms with Crippen molar-refractivity contribution in [3.05, 3.63) is 109 Å². The molecule has 0 spiro atoms. The van der Waals surface area contributed by atoms with E-state index in [0.717, 1.165) is 96.3 Å². The lowest BCUT2D eigenvalue weighted by molar-refractivity contribution is -0.167. The minimum Gasteiger partial charge on any atom is -0.462 e. The molecule has 0 saturated heterocycles. The first kappa shape index (κ1) is 69.1. The quantitative estimate of drug-likeness (QED) is 0.0261. The minimum absolute atomic E-state index is 0.113. The van der Waals surface area contributed by atoms with Gasteiger partial charge in [0.25, 0.3) is 0 Å². The van der Waals surface area contributed by atoms with Crippen molar-refractivity contribution in [1.82, 2.24) is 0 Å². The molecular weight excluding hydrogens is 901 g/mol. The second-order valence-corrected chi connectivity index (χ2v) is 19.9. The van der Waals surface area contributed by atoms with Crippen molar-refractivity contribution in [3.63, 3.8) is 0 Å². The maximum atomic E-state index is 12.8. The number of unbranched alkanes of at least 4 members (excludes halogenated alkanes) is 25. The van der Waals surface area contributed by atoms with Crippen molar-refractivity contribution in [2.24, 2.45) is 0 Å². The van der Waals surface area contributed by atoms with Crippen LogP contribution in [0.3, 0.4) is 0 Å². The number of hydrogen-bond acceptors (Lipinski definition) is 6. The van der Waals surface area contributed by atoms with Crippen molar-refractivity contribution in [2.75, 3.05) is 13.2 Å². The average Bonchev–Trinajstić information content (AvgIpc) is 3.39. The van der Waals surface area contributed by atoms with E-state index in [1.165, 1.54) is 128 Å². The molecule has 1 atom stereocenters. The first-order chi connectivity index (χ1) is 36.0. The lowest BCUT2D eigenvalue weighted by Gasteiger charge is -2.18. The zero-order valence-corrected chi connectivity index (χ0v) is 47.6. The van der Waals surface area contributed by atoms with E-state index in [1.807, 2.05) is 0 Å². The van der Waals surface area contributed by atoms with Gasteiger partial charge in [-0.2, -0.15) is 0 Å². The summed E-state index contributed by atoms with van der Waals surface area (Å²) in [7, 11) is 0. The van der Waals surface area contributed by atoms with Crippen LogP contribution in [0.4, 0.5) is 0 Å². The monoisotopic (exact) mass is 1010 g/mol. The second kappa shape index (κ2) is 60.6. The summed E-state index contributed by atoms with van der Waals surface area (Å²) < 4.78 is 16.8. The number of rotatable bonds is 54. The predicted molar refractivity (Wildman–Crippen MR) is 316 cm³/mol. The Balaban J connectivity index is 4.43. The molecule has 0 rings (SSSR count). The summed E-state index contributed by atoms with van der Waals surface area (Å²) in [6.45, 7) is 6.35. The topological polar surface area (TPSA) is 78.9 Å². The van der Waals surface area contributed by atoms with Gasteiger partial charge in [-0.1, -0.05) is 271 Å².